The van der Waals surface area contributed by atoms with Crippen LogP contribution < -0.4 is 11.1 Å². The Balaban J connectivity index is 1.84. The average Bonchev–Trinajstić information content (AvgIpc) is 2.96. The monoisotopic (exact) mass is 447 g/mol. The third kappa shape index (κ3) is 5.91. The molecule has 0 saturated heterocycles. The molecule has 8 nitrogen and oxygen atoms in total. The minimum atomic E-state index is -0.342. The zero-order valence-electron chi connectivity index (χ0n) is 19.2. The molecule has 1 aliphatic heterocycles. The number of benzene rings is 1. The lowest BCUT2D eigenvalue weighted by molar-refractivity contribution is -0.127. The normalized spacial score (nSPS) is 12.7. The Kier molecular flexibility index (Phi) is 7.71. The van der Waals surface area contributed by atoms with Crippen LogP contribution in [0, 0.1) is 0 Å². The Labute approximate surface area is 193 Å². The Bertz CT molecular complexity index is 1110. The summed E-state index contributed by atoms with van der Waals surface area (Å²) in [7, 11) is 0. The third-order valence-electron chi connectivity index (χ3n) is 5.19. The topological polar surface area (TPSA) is 118 Å². The zero-order chi connectivity index (χ0) is 24.0. The van der Waals surface area contributed by atoms with E-state index in [0.717, 1.165) is 18.4 Å². The number of rotatable bonds is 8. The van der Waals surface area contributed by atoms with Crippen LogP contribution in [0.25, 0.3) is 6.08 Å². The predicted molar refractivity (Wildman–Crippen MR) is 130 cm³/mol. The molecular weight excluding hydrogens is 418 g/mol. The standard InChI is InChI=1S/C25H29N5O3/c1-4-10-30(11-5-2)25(33)19-12-17-6-7-18(13-22(17)29-23(26)14-19)24(32)28-20-8-9-21(16(3)31)27-15-20/h6-9,12-13,15H,4-5,10-11,14H2,1-3H3,(H2,26,29)(H,28,32). The van der Waals surface area contributed by atoms with Crippen LogP contribution >= 0.6 is 0 Å². The summed E-state index contributed by atoms with van der Waals surface area (Å²) in [5, 5.41) is 2.76. The molecule has 33 heavy (non-hydrogen) atoms. The molecule has 1 aromatic carbocycles. The fraction of sp³-hybridized carbons (Fsp3) is 0.320. The van der Waals surface area contributed by atoms with Crippen LogP contribution in [0.15, 0.2) is 47.1 Å². The van der Waals surface area contributed by atoms with Crippen LogP contribution in [0.5, 0.6) is 0 Å². The van der Waals surface area contributed by atoms with Gasteiger partial charge in [-0.15, -0.1) is 0 Å². The molecule has 172 valence electrons. The van der Waals surface area contributed by atoms with Gasteiger partial charge in [-0.3, -0.25) is 19.4 Å². The van der Waals surface area contributed by atoms with Crippen molar-refractivity contribution in [3.05, 3.63) is 58.9 Å². The number of nitrogens with zero attached hydrogens (tertiary/aromatic N) is 3. The van der Waals surface area contributed by atoms with Gasteiger partial charge < -0.3 is 16.0 Å². The van der Waals surface area contributed by atoms with Gasteiger partial charge in [-0.1, -0.05) is 19.9 Å². The van der Waals surface area contributed by atoms with Gasteiger partial charge in [0.15, 0.2) is 5.78 Å². The maximum Gasteiger partial charge on any atom is 0.255 e. The molecule has 3 N–H and O–H groups in total. The summed E-state index contributed by atoms with van der Waals surface area (Å²) in [6.45, 7) is 6.90. The van der Waals surface area contributed by atoms with Crippen LogP contribution in [0.1, 0.15) is 66.4 Å². The number of pyridine rings is 1. The molecule has 0 spiro atoms. The number of amidine groups is 1. The number of ketones is 1. The number of carbonyl (C=O) groups excluding carboxylic acids is 3. The van der Waals surface area contributed by atoms with Gasteiger partial charge in [0.1, 0.15) is 11.5 Å². The van der Waals surface area contributed by atoms with Gasteiger partial charge in [-0.25, -0.2) is 4.99 Å². The van der Waals surface area contributed by atoms with Crippen LogP contribution in [0.2, 0.25) is 0 Å². The lowest BCUT2D eigenvalue weighted by Gasteiger charge is -2.22. The lowest BCUT2D eigenvalue weighted by atomic mass is 10.0. The number of hydrogen-bond acceptors (Lipinski definition) is 6. The summed E-state index contributed by atoms with van der Waals surface area (Å²) < 4.78 is 0. The largest absolute Gasteiger partial charge is 0.387 e. The van der Waals surface area contributed by atoms with Crippen molar-refractivity contribution >= 4 is 40.9 Å². The quantitative estimate of drug-likeness (QED) is 0.594. The van der Waals surface area contributed by atoms with Crippen molar-refractivity contribution in [2.45, 2.75) is 40.0 Å². The first-order valence-electron chi connectivity index (χ1n) is 11.1. The zero-order valence-corrected chi connectivity index (χ0v) is 19.2. The number of nitrogens with one attached hydrogen (secondary N) is 1. The maximum atomic E-state index is 13.1. The lowest BCUT2D eigenvalue weighted by Crippen LogP contribution is -2.34. The van der Waals surface area contributed by atoms with E-state index in [-0.39, 0.29) is 24.0 Å². The highest BCUT2D eigenvalue weighted by atomic mass is 16.2. The summed E-state index contributed by atoms with van der Waals surface area (Å²) in [6, 6.07) is 8.27. The maximum absolute atomic E-state index is 13.1. The SMILES string of the molecule is CCCN(CCC)C(=O)C1=Cc2ccc(C(=O)Nc3ccc(C(C)=O)nc3)cc2N=C(N)C1. The minimum absolute atomic E-state index is 0.0342. The van der Waals surface area contributed by atoms with Gasteiger partial charge in [0.05, 0.1) is 17.6 Å². The van der Waals surface area contributed by atoms with Crippen LogP contribution in [0.4, 0.5) is 11.4 Å². The first-order chi connectivity index (χ1) is 15.8. The second-order valence-corrected chi connectivity index (χ2v) is 7.96. The summed E-state index contributed by atoms with van der Waals surface area (Å²) in [6.07, 6.45) is 5.26. The minimum Gasteiger partial charge on any atom is -0.387 e. The molecule has 0 aliphatic carbocycles. The van der Waals surface area contributed by atoms with Crippen LogP contribution in [-0.2, 0) is 4.79 Å². The summed E-state index contributed by atoms with van der Waals surface area (Å²) in [5.74, 6) is -0.200. The number of fused-ring (bicyclic) bond motifs is 1. The van der Waals surface area contributed by atoms with Crippen molar-refractivity contribution in [1.29, 1.82) is 0 Å². The highest BCUT2D eigenvalue weighted by Gasteiger charge is 2.21. The Hall–Kier alpha value is -3.81. The first kappa shape index (κ1) is 23.8. The van der Waals surface area contributed by atoms with Crippen molar-refractivity contribution in [3.8, 4) is 0 Å². The van der Waals surface area contributed by atoms with E-state index in [4.69, 9.17) is 5.73 Å². The van der Waals surface area contributed by atoms with E-state index in [1.54, 1.807) is 30.3 Å². The number of aromatic nitrogens is 1. The molecule has 0 bridgehead atoms. The van der Waals surface area contributed by atoms with Crippen molar-refractivity contribution in [1.82, 2.24) is 9.88 Å². The molecule has 0 saturated carbocycles. The second-order valence-electron chi connectivity index (χ2n) is 7.96. The molecule has 8 heteroatoms. The molecule has 2 heterocycles. The van der Waals surface area contributed by atoms with Gasteiger partial charge in [-0.05, 0) is 43.2 Å². The summed E-state index contributed by atoms with van der Waals surface area (Å²) in [5.41, 5.74) is 9.17. The fourth-order valence-electron chi connectivity index (χ4n) is 3.61. The van der Waals surface area contributed by atoms with E-state index < -0.39 is 0 Å². The highest BCUT2D eigenvalue weighted by molar-refractivity contribution is 6.08. The first-order valence-corrected chi connectivity index (χ1v) is 11.1. The van der Waals surface area contributed by atoms with Crippen LogP contribution in [-0.4, -0.2) is 46.4 Å². The van der Waals surface area contributed by atoms with E-state index in [9.17, 15) is 14.4 Å². The van der Waals surface area contributed by atoms with E-state index in [0.29, 0.717) is 47.1 Å². The Morgan fingerprint density at radius 2 is 1.82 bits per heavy atom. The summed E-state index contributed by atoms with van der Waals surface area (Å²) in [4.78, 5) is 47.5. The fourth-order valence-corrected chi connectivity index (χ4v) is 3.61. The number of carbonyl (C=O) groups is 3. The Morgan fingerprint density at radius 1 is 1.09 bits per heavy atom. The van der Waals surface area contributed by atoms with Crippen molar-refractivity contribution < 1.29 is 14.4 Å². The predicted octanol–water partition coefficient (Wildman–Crippen LogP) is 3.96. The average molecular weight is 448 g/mol. The number of hydrogen-bond donors (Lipinski definition) is 2. The van der Waals surface area contributed by atoms with Crippen molar-refractivity contribution in [2.24, 2.45) is 10.7 Å². The highest BCUT2D eigenvalue weighted by Crippen LogP contribution is 2.28. The summed E-state index contributed by atoms with van der Waals surface area (Å²) >= 11 is 0. The van der Waals surface area contributed by atoms with Gasteiger partial charge in [0.2, 0.25) is 5.91 Å². The van der Waals surface area contributed by atoms with Gasteiger partial charge in [0, 0.05) is 43.1 Å². The van der Waals surface area contributed by atoms with E-state index in [1.165, 1.54) is 13.1 Å². The third-order valence-corrected chi connectivity index (χ3v) is 5.19. The van der Waals surface area contributed by atoms with Crippen LogP contribution in [0.3, 0.4) is 0 Å². The number of amides is 2. The van der Waals surface area contributed by atoms with Crippen molar-refractivity contribution in [2.75, 3.05) is 18.4 Å². The molecule has 0 unspecified atom stereocenters. The van der Waals surface area contributed by atoms with E-state index >= 15 is 0 Å². The molecule has 0 radical (unpaired) electrons. The van der Waals surface area contributed by atoms with Gasteiger partial charge in [0.25, 0.3) is 5.91 Å². The number of aliphatic imine (C=N–C) groups is 1. The molecule has 1 aromatic heterocycles. The molecule has 2 amide bonds. The number of nitrogens with two attached hydrogens (primary N) is 1. The number of Topliss-reactive ketones (excluding diaryl/α,β-unsaturated/α-hetero) is 1. The van der Waals surface area contributed by atoms with Crippen molar-refractivity contribution in [3.63, 3.8) is 0 Å². The van der Waals surface area contributed by atoms with Gasteiger partial charge >= 0.3 is 0 Å². The molecule has 3 rings (SSSR count). The van der Waals surface area contributed by atoms with E-state index in [1.807, 2.05) is 24.8 Å². The molecule has 0 fully saturated rings. The Morgan fingerprint density at radius 3 is 2.42 bits per heavy atom. The molecular formula is C25H29N5O3. The molecule has 2 aromatic rings. The molecule has 1 aliphatic rings. The second kappa shape index (κ2) is 10.7. The van der Waals surface area contributed by atoms with E-state index in [2.05, 4.69) is 15.3 Å². The molecule has 0 atom stereocenters. The smallest absolute Gasteiger partial charge is 0.255 e. The number of anilines is 1. The van der Waals surface area contributed by atoms with Gasteiger partial charge in [-0.2, -0.15) is 0 Å².